The summed E-state index contributed by atoms with van der Waals surface area (Å²) >= 11 is 0. The number of carbonyl (C=O) groups excluding carboxylic acids is 3. The van der Waals surface area contributed by atoms with Gasteiger partial charge in [0.2, 0.25) is 0 Å². The average molecular weight is 1090 g/mol. The molecule has 0 N–H and O–H groups in total. The molecule has 6 nitrogen and oxygen atoms in total. The molecule has 0 aliphatic rings. The van der Waals surface area contributed by atoms with Gasteiger partial charge >= 0.3 is 17.9 Å². The normalized spacial score (nSPS) is 12.5. The standard InChI is InChI=1S/C72H128O6/c1-4-7-10-13-16-19-22-25-28-30-32-34-35-36-37-39-40-42-44-47-50-53-56-59-62-65-71(74)77-68-69(67-76-70(73)64-61-58-55-52-49-46-27-24-21-18-15-12-9-6-3)78-72(75)66-63-60-57-54-51-48-45-43-41-38-33-31-29-26-23-20-17-14-11-8-5-2/h15,18,22,24-25,27,30-33,35-36,69H,4-14,16-17,19-21,23,26,28-29,34,37-68H2,1-3H3/b18-15-,25-22-,27-24-,32-30-,33-31-,36-35-. The number of allylic oxidation sites excluding steroid dienone is 12. The van der Waals surface area contributed by atoms with E-state index in [9.17, 15) is 14.4 Å². The van der Waals surface area contributed by atoms with Gasteiger partial charge in [0.25, 0.3) is 0 Å². The number of carbonyl (C=O) groups is 3. The Morgan fingerprint density at radius 3 is 0.769 bits per heavy atom. The minimum Gasteiger partial charge on any atom is -0.462 e. The van der Waals surface area contributed by atoms with E-state index in [0.29, 0.717) is 19.3 Å². The molecule has 1 unspecified atom stereocenters. The Bertz CT molecular complexity index is 1440. The third kappa shape index (κ3) is 63.7. The van der Waals surface area contributed by atoms with Crippen molar-refractivity contribution in [2.75, 3.05) is 13.2 Å². The quantitative estimate of drug-likeness (QED) is 0.0261. The highest BCUT2D eigenvalue weighted by molar-refractivity contribution is 5.71. The molecule has 452 valence electrons. The van der Waals surface area contributed by atoms with Crippen LogP contribution >= 0.6 is 0 Å². The first-order valence-corrected chi connectivity index (χ1v) is 33.9. The fraction of sp³-hybridized carbons (Fsp3) is 0.792. The second-order valence-electron chi connectivity index (χ2n) is 22.7. The summed E-state index contributed by atoms with van der Waals surface area (Å²) in [4.78, 5) is 38.4. The van der Waals surface area contributed by atoms with E-state index in [4.69, 9.17) is 14.2 Å². The summed E-state index contributed by atoms with van der Waals surface area (Å²) in [6, 6.07) is 0. The zero-order valence-electron chi connectivity index (χ0n) is 51.9. The summed E-state index contributed by atoms with van der Waals surface area (Å²) in [5.41, 5.74) is 0. The fourth-order valence-electron chi connectivity index (χ4n) is 9.76. The molecule has 0 saturated carbocycles. The molecule has 78 heavy (non-hydrogen) atoms. The first-order valence-electron chi connectivity index (χ1n) is 33.9. The lowest BCUT2D eigenvalue weighted by Gasteiger charge is -2.18. The van der Waals surface area contributed by atoms with Gasteiger partial charge in [-0.25, -0.2) is 0 Å². The highest BCUT2D eigenvalue weighted by Crippen LogP contribution is 2.17. The Morgan fingerprint density at radius 1 is 0.256 bits per heavy atom. The summed E-state index contributed by atoms with van der Waals surface area (Å²) in [6.45, 7) is 6.61. The Kier molecular flexibility index (Phi) is 63.7. The van der Waals surface area contributed by atoms with E-state index in [2.05, 4.69) is 93.7 Å². The molecule has 0 aliphatic heterocycles. The van der Waals surface area contributed by atoms with Gasteiger partial charge in [0.15, 0.2) is 6.10 Å². The molecule has 0 aromatic heterocycles. The van der Waals surface area contributed by atoms with Crippen LogP contribution in [0, 0.1) is 0 Å². The molecule has 0 spiro atoms. The molecule has 0 aromatic rings. The van der Waals surface area contributed by atoms with Gasteiger partial charge in [-0.2, -0.15) is 0 Å². The Balaban J connectivity index is 4.32. The molecule has 0 aromatic carbocycles. The largest absolute Gasteiger partial charge is 0.462 e. The maximum atomic E-state index is 12.9. The lowest BCUT2D eigenvalue weighted by atomic mass is 10.0. The summed E-state index contributed by atoms with van der Waals surface area (Å²) in [5.74, 6) is -0.885. The van der Waals surface area contributed by atoms with Gasteiger partial charge in [-0.05, 0) is 109 Å². The zero-order chi connectivity index (χ0) is 56.4. The maximum Gasteiger partial charge on any atom is 0.306 e. The molecule has 0 radical (unpaired) electrons. The van der Waals surface area contributed by atoms with Crippen LogP contribution in [0.5, 0.6) is 0 Å². The van der Waals surface area contributed by atoms with Crippen LogP contribution in [-0.4, -0.2) is 37.2 Å². The molecule has 0 heterocycles. The van der Waals surface area contributed by atoms with Gasteiger partial charge in [-0.3, -0.25) is 14.4 Å². The number of rotatable bonds is 62. The van der Waals surface area contributed by atoms with Crippen LogP contribution in [0.4, 0.5) is 0 Å². The predicted octanol–water partition coefficient (Wildman–Crippen LogP) is 23.3. The van der Waals surface area contributed by atoms with Crippen molar-refractivity contribution in [3.05, 3.63) is 72.9 Å². The number of esters is 3. The molecule has 0 amide bonds. The number of ether oxygens (including phenoxy) is 3. The van der Waals surface area contributed by atoms with Gasteiger partial charge in [-0.15, -0.1) is 0 Å². The lowest BCUT2D eigenvalue weighted by molar-refractivity contribution is -0.167. The molecule has 0 rings (SSSR count). The van der Waals surface area contributed by atoms with Gasteiger partial charge in [0.1, 0.15) is 13.2 Å². The second-order valence-corrected chi connectivity index (χ2v) is 22.7. The Hall–Kier alpha value is -3.15. The van der Waals surface area contributed by atoms with Crippen LogP contribution in [0.1, 0.15) is 348 Å². The van der Waals surface area contributed by atoms with Crippen molar-refractivity contribution in [2.45, 2.75) is 354 Å². The Morgan fingerprint density at radius 2 is 0.474 bits per heavy atom. The molecule has 0 bridgehead atoms. The van der Waals surface area contributed by atoms with Crippen molar-refractivity contribution in [3.63, 3.8) is 0 Å². The van der Waals surface area contributed by atoms with Crippen molar-refractivity contribution < 1.29 is 28.6 Å². The molecule has 6 heteroatoms. The van der Waals surface area contributed by atoms with E-state index in [0.717, 1.165) is 89.9 Å². The van der Waals surface area contributed by atoms with Gasteiger partial charge in [-0.1, -0.05) is 293 Å². The topological polar surface area (TPSA) is 78.9 Å². The molecular formula is C72H128O6. The monoisotopic (exact) mass is 1090 g/mol. The van der Waals surface area contributed by atoms with Crippen LogP contribution in [0.2, 0.25) is 0 Å². The molecule has 0 fully saturated rings. The zero-order valence-corrected chi connectivity index (χ0v) is 51.9. The van der Waals surface area contributed by atoms with Crippen molar-refractivity contribution in [1.82, 2.24) is 0 Å². The molecule has 0 aliphatic carbocycles. The first kappa shape index (κ1) is 74.8. The van der Waals surface area contributed by atoms with E-state index < -0.39 is 6.10 Å². The van der Waals surface area contributed by atoms with Crippen LogP contribution in [0.25, 0.3) is 0 Å². The van der Waals surface area contributed by atoms with E-state index in [-0.39, 0.29) is 31.1 Å². The minimum atomic E-state index is -0.785. The smallest absolute Gasteiger partial charge is 0.306 e. The van der Waals surface area contributed by atoms with Gasteiger partial charge < -0.3 is 14.2 Å². The highest BCUT2D eigenvalue weighted by Gasteiger charge is 2.19. The van der Waals surface area contributed by atoms with E-state index in [1.165, 1.54) is 218 Å². The third-order valence-electron chi connectivity index (χ3n) is 14.9. The van der Waals surface area contributed by atoms with E-state index in [1.54, 1.807) is 0 Å². The number of hydrogen-bond acceptors (Lipinski definition) is 6. The van der Waals surface area contributed by atoms with Crippen molar-refractivity contribution in [1.29, 1.82) is 0 Å². The SMILES string of the molecule is CCCC/C=C\C/C=C\CCCCCCCC(=O)OCC(COC(=O)CCCCCCCCCCCC/C=C\C/C=C\C/C=C\CCCCCCC)OC(=O)CCCCCCCCCCC/C=C\CCCCCCCCCC. The first-order chi connectivity index (χ1) is 38.5. The van der Waals surface area contributed by atoms with Crippen molar-refractivity contribution in [3.8, 4) is 0 Å². The maximum absolute atomic E-state index is 12.9. The fourth-order valence-corrected chi connectivity index (χ4v) is 9.76. The second kappa shape index (κ2) is 66.4. The van der Waals surface area contributed by atoms with Crippen LogP contribution in [-0.2, 0) is 28.6 Å². The predicted molar refractivity (Wildman–Crippen MR) is 339 cm³/mol. The molecule has 0 saturated heterocycles. The third-order valence-corrected chi connectivity index (χ3v) is 14.9. The minimum absolute atomic E-state index is 0.0812. The number of hydrogen-bond donors (Lipinski definition) is 0. The van der Waals surface area contributed by atoms with Crippen molar-refractivity contribution in [2.24, 2.45) is 0 Å². The lowest BCUT2D eigenvalue weighted by Crippen LogP contribution is -2.30. The van der Waals surface area contributed by atoms with Crippen molar-refractivity contribution >= 4 is 17.9 Å². The molecule has 1 atom stereocenters. The summed E-state index contributed by atoms with van der Waals surface area (Å²) in [7, 11) is 0. The number of unbranched alkanes of at least 4 members (excludes halogenated alkanes) is 39. The summed E-state index contributed by atoms with van der Waals surface area (Å²) in [6.07, 6.45) is 86.3. The van der Waals surface area contributed by atoms with Crippen LogP contribution in [0.3, 0.4) is 0 Å². The van der Waals surface area contributed by atoms with Gasteiger partial charge in [0, 0.05) is 19.3 Å². The molecular weight excluding hydrogens is 961 g/mol. The van der Waals surface area contributed by atoms with Gasteiger partial charge in [0.05, 0.1) is 0 Å². The summed E-state index contributed by atoms with van der Waals surface area (Å²) in [5, 5.41) is 0. The highest BCUT2D eigenvalue weighted by atomic mass is 16.6. The summed E-state index contributed by atoms with van der Waals surface area (Å²) < 4.78 is 17.0. The van der Waals surface area contributed by atoms with Crippen LogP contribution < -0.4 is 0 Å². The van der Waals surface area contributed by atoms with E-state index >= 15 is 0 Å². The Labute approximate surface area is 484 Å². The van der Waals surface area contributed by atoms with Crippen LogP contribution in [0.15, 0.2) is 72.9 Å². The van der Waals surface area contributed by atoms with E-state index in [1.807, 2.05) is 0 Å². The average Bonchev–Trinajstić information content (AvgIpc) is 3.44.